The van der Waals surface area contributed by atoms with Crippen molar-refractivity contribution in [3.05, 3.63) is 12.2 Å². The third-order valence-electron chi connectivity index (χ3n) is 13.3. The number of allylic oxidation sites excluding steroid dienone is 1. The largest absolute Gasteiger partial charge is 0.469 e. The second-order valence-corrected chi connectivity index (χ2v) is 14.5. The fraction of sp³-hybridized carbons (Fsp3) is 0.818. The third-order valence-corrected chi connectivity index (χ3v) is 13.3. The number of aldehydes is 1. The maximum Gasteiger partial charge on any atom is 0.312 e. The second kappa shape index (κ2) is 9.60. The molecule has 0 aromatic carbocycles. The number of carbonyl (C=O) groups is 3. The minimum Gasteiger partial charge on any atom is -0.469 e. The summed E-state index contributed by atoms with van der Waals surface area (Å²) in [7, 11) is 1.50. The van der Waals surface area contributed by atoms with Crippen LogP contribution >= 0.6 is 0 Å². The van der Waals surface area contributed by atoms with E-state index in [-0.39, 0.29) is 51.7 Å². The summed E-state index contributed by atoms with van der Waals surface area (Å²) in [6.07, 6.45) is 9.08. The van der Waals surface area contributed by atoms with E-state index in [4.69, 9.17) is 4.74 Å². The number of ether oxygens (including phenoxy) is 1. The Hall–Kier alpha value is -1.96. The first-order valence-electron chi connectivity index (χ1n) is 14.9. The molecule has 210 valence electrons. The summed E-state index contributed by atoms with van der Waals surface area (Å²) in [4.78, 5) is 38.5. The van der Waals surface area contributed by atoms with Gasteiger partial charge in [0.1, 0.15) is 12.1 Å². The van der Waals surface area contributed by atoms with Gasteiger partial charge >= 0.3 is 5.97 Å². The zero-order chi connectivity index (χ0) is 28.3. The predicted molar refractivity (Wildman–Crippen MR) is 148 cm³/mol. The highest BCUT2D eigenvalue weighted by atomic mass is 16.5. The average Bonchev–Trinajstić information content (AvgIpc) is 3.28. The Bertz CT molecular complexity index is 1060. The Morgan fingerprint density at radius 3 is 2.32 bits per heavy atom. The molecular weight excluding hydrogens is 474 g/mol. The zero-order valence-corrected chi connectivity index (χ0v) is 24.8. The molecule has 0 spiro atoms. The van der Waals surface area contributed by atoms with Crippen LogP contribution in [0.25, 0.3) is 0 Å². The molecule has 0 aromatic heterocycles. The summed E-state index contributed by atoms with van der Waals surface area (Å²) in [5.74, 6) is 1.01. The van der Waals surface area contributed by atoms with Crippen LogP contribution in [0.4, 0.5) is 0 Å². The van der Waals surface area contributed by atoms with Crippen LogP contribution in [0.5, 0.6) is 0 Å². The molecule has 9 atom stereocenters. The Balaban J connectivity index is 1.81. The molecule has 0 bridgehead atoms. The van der Waals surface area contributed by atoms with Crippen LogP contribution in [-0.2, 0) is 19.1 Å². The fourth-order valence-electron chi connectivity index (χ4n) is 11.3. The maximum absolute atomic E-state index is 13.4. The lowest BCUT2D eigenvalue weighted by atomic mass is 9.33. The number of methoxy groups -OCH3 is 1. The number of fused-ring (bicyclic) bond motifs is 5. The molecule has 0 aliphatic heterocycles. The van der Waals surface area contributed by atoms with Gasteiger partial charge < -0.3 is 4.74 Å². The lowest BCUT2D eigenvalue weighted by Crippen LogP contribution is -2.65. The zero-order valence-electron chi connectivity index (χ0n) is 24.8. The summed E-state index contributed by atoms with van der Waals surface area (Å²) in [5, 5.41) is 10.1. The van der Waals surface area contributed by atoms with Crippen molar-refractivity contribution < 1.29 is 19.1 Å². The first kappa shape index (κ1) is 29.0. The van der Waals surface area contributed by atoms with Crippen molar-refractivity contribution in [3.8, 4) is 6.07 Å². The van der Waals surface area contributed by atoms with E-state index >= 15 is 0 Å². The van der Waals surface area contributed by atoms with Gasteiger partial charge in [-0.3, -0.25) is 14.4 Å². The van der Waals surface area contributed by atoms with Gasteiger partial charge in [-0.1, -0.05) is 48.1 Å². The van der Waals surface area contributed by atoms with Gasteiger partial charge in [0, 0.05) is 18.3 Å². The van der Waals surface area contributed by atoms with Crippen LogP contribution in [0.3, 0.4) is 0 Å². The van der Waals surface area contributed by atoms with E-state index < -0.39 is 10.8 Å². The van der Waals surface area contributed by atoms with Crippen molar-refractivity contribution in [2.45, 2.75) is 106 Å². The van der Waals surface area contributed by atoms with Gasteiger partial charge in [-0.2, -0.15) is 5.26 Å². The second-order valence-electron chi connectivity index (χ2n) is 14.5. The molecule has 0 amide bonds. The van der Waals surface area contributed by atoms with Crippen molar-refractivity contribution in [2.24, 2.45) is 56.7 Å². The van der Waals surface area contributed by atoms with E-state index in [1.54, 1.807) is 0 Å². The highest BCUT2D eigenvalue weighted by molar-refractivity contribution is 5.84. The van der Waals surface area contributed by atoms with E-state index in [2.05, 4.69) is 47.3 Å². The summed E-state index contributed by atoms with van der Waals surface area (Å²) >= 11 is 0. The minimum absolute atomic E-state index is 0.0133. The van der Waals surface area contributed by atoms with Gasteiger partial charge in [0.25, 0.3) is 0 Å². The summed E-state index contributed by atoms with van der Waals surface area (Å²) in [6.45, 7) is 17.5. The van der Waals surface area contributed by atoms with E-state index in [0.717, 1.165) is 57.7 Å². The predicted octanol–water partition coefficient (Wildman–Crippen LogP) is 7.09. The molecule has 0 aromatic rings. The van der Waals surface area contributed by atoms with Crippen LogP contribution in [0.2, 0.25) is 0 Å². The number of Topliss-reactive ketones (excluding diaryl/α,β-unsaturated/α-hetero) is 1. The first-order valence-corrected chi connectivity index (χ1v) is 14.9. The summed E-state index contributed by atoms with van der Waals surface area (Å²) in [5.41, 5.74) is -0.713. The normalized spacial score (nSPS) is 44.1. The van der Waals surface area contributed by atoms with E-state index in [1.807, 2.05) is 6.92 Å². The van der Waals surface area contributed by atoms with Crippen LogP contribution in [0, 0.1) is 68.0 Å². The fourth-order valence-corrected chi connectivity index (χ4v) is 11.3. The molecule has 0 N–H and O–H groups in total. The molecule has 4 fully saturated rings. The van der Waals surface area contributed by atoms with Crippen LogP contribution < -0.4 is 0 Å². The quantitative estimate of drug-likeness (QED) is 0.202. The first-order chi connectivity index (χ1) is 17.7. The number of rotatable bonds is 7. The van der Waals surface area contributed by atoms with Crippen molar-refractivity contribution in [1.82, 2.24) is 0 Å². The highest BCUT2D eigenvalue weighted by Crippen LogP contribution is 2.76. The number of esters is 1. The molecule has 0 saturated heterocycles. The average molecular weight is 524 g/mol. The number of ketones is 1. The van der Waals surface area contributed by atoms with Gasteiger partial charge in [0.2, 0.25) is 0 Å². The van der Waals surface area contributed by atoms with Crippen LogP contribution in [0.1, 0.15) is 106 Å². The third kappa shape index (κ3) is 3.64. The summed E-state index contributed by atoms with van der Waals surface area (Å²) in [6, 6.07) is 2.54. The Morgan fingerprint density at radius 1 is 1.05 bits per heavy atom. The Kier molecular flexibility index (Phi) is 7.33. The van der Waals surface area contributed by atoms with E-state index in [9.17, 15) is 19.6 Å². The smallest absolute Gasteiger partial charge is 0.312 e. The van der Waals surface area contributed by atoms with Crippen molar-refractivity contribution in [2.75, 3.05) is 7.11 Å². The molecule has 5 unspecified atom stereocenters. The molecule has 5 nitrogen and oxygen atoms in total. The number of hydrogen-bond donors (Lipinski definition) is 0. The maximum atomic E-state index is 13.4. The molecule has 4 rings (SSSR count). The van der Waals surface area contributed by atoms with Gasteiger partial charge in [0.15, 0.2) is 0 Å². The molecule has 4 saturated carbocycles. The van der Waals surface area contributed by atoms with Gasteiger partial charge in [0.05, 0.1) is 18.6 Å². The Morgan fingerprint density at radius 2 is 1.74 bits per heavy atom. The van der Waals surface area contributed by atoms with Gasteiger partial charge in [-0.25, -0.2) is 0 Å². The number of hydrogen-bond acceptors (Lipinski definition) is 5. The molecule has 4 aliphatic carbocycles. The molecule has 5 heteroatoms. The lowest BCUT2D eigenvalue weighted by Gasteiger charge is -2.71. The molecular formula is C33H49NO4. The van der Waals surface area contributed by atoms with Gasteiger partial charge in [-0.15, -0.1) is 0 Å². The molecule has 38 heavy (non-hydrogen) atoms. The highest BCUT2D eigenvalue weighted by Gasteiger charge is 2.71. The summed E-state index contributed by atoms with van der Waals surface area (Å²) < 4.78 is 5.43. The standard InChI is InChI=1S/C33H49NO4/c1-9-26(36)29(3,4)24-13-14-32(7)25(30(24,5)18-19-34)11-10-23-27-22(21(2)20-35)12-15-33(27,28(37)38-8)17-16-31(23,32)6/h20,22-25,27H,2,9-18H2,1,3-8H3/t22-,23?,24?,25?,27?,30-,31+,32+,33?/m0/s1. The Labute approximate surface area is 230 Å². The number of carbonyl (C=O) groups excluding carboxylic acids is 3. The van der Waals surface area contributed by atoms with Crippen LogP contribution in [-0.4, -0.2) is 25.1 Å². The SMILES string of the molecule is C=C(C=O)[C@@H]1CCC2(C(=O)OC)CC[C@]3(C)C(CCC4[C@@](C)(CC#N)C(C(C)(C)C(=O)CC)CC[C@]43C)C12. The monoisotopic (exact) mass is 523 g/mol. The molecule has 0 heterocycles. The molecule has 0 radical (unpaired) electrons. The molecule has 4 aliphatic rings. The van der Waals surface area contributed by atoms with E-state index in [0.29, 0.717) is 24.3 Å². The number of nitrogens with zero attached hydrogens (tertiary/aromatic N) is 1. The van der Waals surface area contributed by atoms with Crippen molar-refractivity contribution >= 4 is 18.0 Å². The van der Waals surface area contributed by atoms with E-state index in [1.165, 1.54) is 7.11 Å². The minimum atomic E-state index is -0.540. The van der Waals surface area contributed by atoms with Gasteiger partial charge in [-0.05, 0) is 103 Å². The van der Waals surface area contributed by atoms with Crippen LogP contribution in [0.15, 0.2) is 12.2 Å². The lowest BCUT2D eigenvalue weighted by molar-refractivity contribution is -0.229. The number of nitriles is 1. The van der Waals surface area contributed by atoms with Crippen molar-refractivity contribution in [1.29, 1.82) is 5.26 Å². The van der Waals surface area contributed by atoms with Crippen molar-refractivity contribution in [3.63, 3.8) is 0 Å². The topological polar surface area (TPSA) is 84.2 Å².